The number of hydrogen-bond donors (Lipinski definition) is 1. The van der Waals surface area contributed by atoms with Crippen LogP contribution in [0.4, 0.5) is 11.4 Å². The molecule has 2 atom stereocenters. The smallest absolute Gasteiger partial charge is 0.0817 e. The predicted octanol–water partition coefficient (Wildman–Crippen LogP) is 3.67. The first-order valence-corrected chi connectivity index (χ1v) is 7.82. The van der Waals surface area contributed by atoms with Gasteiger partial charge in [-0.1, -0.05) is 19.1 Å². The highest BCUT2D eigenvalue weighted by Crippen LogP contribution is 2.32. The van der Waals surface area contributed by atoms with Crippen LogP contribution in [-0.4, -0.2) is 22.4 Å². The Balaban J connectivity index is 1.82. The summed E-state index contributed by atoms with van der Waals surface area (Å²) in [6.07, 6.45) is 3.20. The van der Waals surface area contributed by atoms with Gasteiger partial charge in [-0.15, -0.1) is 0 Å². The van der Waals surface area contributed by atoms with Crippen LogP contribution in [0.3, 0.4) is 0 Å². The van der Waals surface area contributed by atoms with Crippen LogP contribution in [0.2, 0.25) is 0 Å². The zero-order valence-electron chi connectivity index (χ0n) is 13.1. The van der Waals surface area contributed by atoms with Gasteiger partial charge in [0, 0.05) is 24.8 Å². The number of benzene rings is 1. The van der Waals surface area contributed by atoms with E-state index in [1.165, 1.54) is 11.4 Å². The van der Waals surface area contributed by atoms with Gasteiger partial charge < -0.3 is 10.2 Å². The molecule has 1 aliphatic rings. The molecule has 0 spiro atoms. The molecule has 0 aliphatic carbocycles. The molecule has 2 heterocycles. The van der Waals surface area contributed by atoms with Gasteiger partial charge in [0.25, 0.3) is 0 Å². The normalized spacial score (nSPS) is 19.0. The maximum atomic E-state index is 4.74. The molecule has 0 saturated carbocycles. The summed E-state index contributed by atoms with van der Waals surface area (Å²) in [6, 6.07) is 11.6. The summed E-state index contributed by atoms with van der Waals surface area (Å²) < 4.78 is 2.08. The average molecular weight is 284 g/mol. The first-order chi connectivity index (χ1) is 10.2. The first kappa shape index (κ1) is 14.0. The Labute approximate surface area is 126 Å². The van der Waals surface area contributed by atoms with Crippen molar-refractivity contribution in [3.05, 3.63) is 42.2 Å². The molecule has 21 heavy (non-hydrogen) atoms. The fourth-order valence-corrected chi connectivity index (χ4v) is 2.79. The first-order valence-electron chi connectivity index (χ1n) is 7.82. The van der Waals surface area contributed by atoms with Crippen molar-refractivity contribution in [3.63, 3.8) is 0 Å². The average Bonchev–Trinajstić information content (AvgIpc) is 2.98. The third-order valence-corrected chi connectivity index (χ3v) is 4.37. The molecule has 4 heteroatoms. The van der Waals surface area contributed by atoms with Crippen molar-refractivity contribution in [3.8, 4) is 0 Å². The number of fused-ring (bicyclic) bond motifs is 1. The minimum absolute atomic E-state index is 0.464. The maximum Gasteiger partial charge on any atom is 0.0817 e. The van der Waals surface area contributed by atoms with Crippen LogP contribution in [0.25, 0.3) is 0 Å². The lowest BCUT2D eigenvalue weighted by atomic mass is 10.1. The van der Waals surface area contributed by atoms with E-state index in [1.807, 2.05) is 0 Å². The van der Waals surface area contributed by atoms with E-state index in [0.717, 1.165) is 25.2 Å². The third-order valence-electron chi connectivity index (χ3n) is 4.37. The van der Waals surface area contributed by atoms with Gasteiger partial charge in [0.15, 0.2) is 0 Å². The summed E-state index contributed by atoms with van der Waals surface area (Å²) in [5.41, 5.74) is 3.63. The van der Waals surface area contributed by atoms with Gasteiger partial charge in [-0.25, -0.2) is 0 Å². The van der Waals surface area contributed by atoms with E-state index >= 15 is 0 Å². The van der Waals surface area contributed by atoms with E-state index in [1.54, 1.807) is 0 Å². The molecule has 1 aliphatic heterocycles. The zero-order valence-corrected chi connectivity index (χ0v) is 13.1. The van der Waals surface area contributed by atoms with Crippen LogP contribution in [0.1, 0.15) is 38.9 Å². The van der Waals surface area contributed by atoms with E-state index in [-0.39, 0.29) is 0 Å². The molecule has 2 aromatic rings. The standard InChI is InChI=1S/C17H24N4/c1-4-13(2)21-10-9-15(19-21)12-20-14(3)11-18-16-7-5-6-8-17(16)20/h5-10,13-14,18H,4,11-12H2,1-3H3. The number of nitrogens with zero attached hydrogens (tertiary/aromatic N) is 3. The summed E-state index contributed by atoms with van der Waals surface area (Å²) in [4.78, 5) is 2.44. The minimum Gasteiger partial charge on any atom is -0.381 e. The quantitative estimate of drug-likeness (QED) is 0.930. The molecule has 4 nitrogen and oxygen atoms in total. The SMILES string of the molecule is CCC(C)n1ccc(CN2c3ccccc3NCC2C)n1. The monoisotopic (exact) mass is 284 g/mol. The van der Waals surface area contributed by atoms with Crippen LogP contribution in [0, 0.1) is 0 Å². The summed E-state index contributed by atoms with van der Waals surface area (Å²) in [7, 11) is 0. The Morgan fingerprint density at radius 2 is 2.14 bits per heavy atom. The van der Waals surface area contributed by atoms with Crippen molar-refractivity contribution in [1.82, 2.24) is 9.78 Å². The van der Waals surface area contributed by atoms with E-state index in [0.29, 0.717) is 12.1 Å². The molecule has 0 fully saturated rings. The number of anilines is 2. The summed E-state index contributed by atoms with van der Waals surface area (Å²) in [5.74, 6) is 0. The fraction of sp³-hybridized carbons (Fsp3) is 0.471. The second kappa shape index (κ2) is 5.80. The molecule has 1 N–H and O–H groups in total. The Hall–Kier alpha value is -1.97. The maximum absolute atomic E-state index is 4.74. The van der Waals surface area contributed by atoms with E-state index in [4.69, 9.17) is 5.10 Å². The van der Waals surface area contributed by atoms with Gasteiger partial charge >= 0.3 is 0 Å². The molecule has 0 amide bonds. The molecule has 1 aromatic heterocycles. The van der Waals surface area contributed by atoms with Crippen molar-refractivity contribution in [2.75, 3.05) is 16.8 Å². The van der Waals surface area contributed by atoms with Gasteiger partial charge in [0.1, 0.15) is 0 Å². The minimum atomic E-state index is 0.464. The van der Waals surface area contributed by atoms with Gasteiger partial charge in [0.05, 0.1) is 23.6 Å². The third kappa shape index (κ3) is 2.75. The Morgan fingerprint density at radius 3 is 2.95 bits per heavy atom. The molecule has 3 rings (SSSR count). The Morgan fingerprint density at radius 1 is 1.33 bits per heavy atom. The molecular formula is C17H24N4. The Kier molecular flexibility index (Phi) is 3.86. The summed E-state index contributed by atoms with van der Waals surface area (Å²) in [5, 5.41) is 8.23. The number of aromatic nitrogens is 2. The van der Waals surface area contributed by atoms with E-state index < -0.39 is 0 Å². The molecule has 1 aromatic carbocycles. The van der Waals surface area contributed by atoms with Gasteiger partial charge in [-0.3, -0.25) is 4.68 Å². The number of hydrogen-bond acceptors (Lipinski definition) is 3. The zero-order chi connectivity index (χ0) is 14.8. The van der Waals surface area contributed by atoms with Crippen molar-refractivity contribution in [2.45, 2.75) is 45.8 Å². The van der Waals surface area contributed by atoms with Crippen LogP contribution in [0.5, 0.6) is 0 Å². The van der Waals surface area contributed by atoms with Crippen molar-refractivity contribution >= 4 is 11.4 Å². The highest BCUT2D eigenvalue weighted by Gasteiger charge is 2.23. The highest BCUT2D eigenvalue weighted by atomic mass is 15.3. The topological polar surface area (TPSA) is 33.1 Å². The van der Waals surface area contributed by atoms with Gasteiger partial charge in [-0.05, 0) is 38.5 Å². The van der Waals surface area contributed by atoms with Crippen molar-refractivity contribution in [2.24, 2.45) is 0 Å². The largest absolute Gasteiger partial charge is 0.381 e. The summed E-state index contributed by atoms with van der Waals surface area (Å²) in [6.45, 7) is 8.50. The molecule has 0 radical (unpaired) electrons. The van der Waals surface area contributed by atoms with Crippen molar-refractivity contribution in [1.29, 1.82) is 0 Å². The van der Waals surface area contributed by atoms with Crippen LogP contribution >= 0.6 is 0 Å². The fourth-order valence-electron chi connectivity index (χ4n) is 2.79. The van der Waals surface area contributed by atoms with Crippen LogP contribution in [0.15, 0.2) is 36.5 Å². The van der Waals surface area contributed by atoms with E-state index in [2.05, 4.69) is 72.2 Å². The lowest BCUT2D eigenvalue weighted by Gasteiger charge is -2.37. The Bertz CT molecular complexity index is 604. The van der Waals surface area contributed by atoms with Crippen molar-refractivity contribution < 1.29 is 0 Å². The predicted molar refractivity (Wildman–Crippen MR) is 87.8 cm³/mol. The van der Waals surface area contributed by atoms with Crippen LogP contribution in [-0.2, 0) is 6.54 Å². The van der Waals surface area contributed by atoms with Crippen LogP contribution < -0.4 is 10.2 Å². The van der Waals surface area contributed by atoms with E-state index in [9.17, 15) is 0 Å². The van der Waals surface area contributed by atoms with Gasteiger partial charge in [-0.2, -0.15) is 5.10 Å². The second-order valence-corrected chi connectivity index (χ2v) is 5.92. The second-order valence-electron chi connectivity index (χ2n) is 5.92. The summed E-state index contributed by atoms with van der Waals surface area (Å²) >= 11 is 0. The molecule has 2 unspecified atom stereocenters. The molecule has 0 saturated heterocycles. The highest BCUT2D eigenvalue weighted by molar-refractivity contribution is 5.72. The molecule has 0 bridgehead atoms. The number of rotatable bonds is 4. The van der Waals surface area contributed by atoms with Gasteiger partial charge in [0.2, 0.25) is 0 Å². The molecular weight excluding hydrogens is 260 g/mol. The number of para-hydroxylation sites is 2. The molecule has 112 valence electrons. The lowest BCUT2D eigenvalue weighted by molar-refractivity contribution is 0.472. The lowest BCUT2D eigenvalue weighted by Crippen LogP contribution is -2.41. The number of nitrogens with one attached hydrogen (secondary N) is 1.